The number of nitrogens with zero attached hydrogens (tertiary/aromatic N) is 1. The van der Waals surface area contributed by atoms with Gasteiger partial charge in [-0.15, -0.1) is 0 Å². The van der Waals surface area contributed by atoms with Gasteiger partial charge in [-0.05, 0) is 52.7 Å². The summed E-state index contributed by atoms with van der Waals surface area (Å²) in [5.41, 5.74) is 2.16. The van der Waals surface area contributed by atoms with E-state index in [1.54, 1.807) is 23.9 Å². The predicted octanol–water partition coefficient (Wildman–Crippen LogP) is 5.06. The highest BCUT2D eigenvalue weighted by Gasteiger charge is 2.33. The minimum Gasteiger partial charge on any atom is -0.360 e. The summed E-state index contributed by atoms with van der Waals surface area (Å²) in [6, 6.07) is 3.53. The maximum absolute atomic E-state index is 12.8. The first-order valence-electron chi connectivity index (χ1n) is 6.58. The van der Waals surface area contributed by atoms with Crippen molar-refractivity contribution in [2.75, 3.05) is 6.26 Å². The van der Waals surface area contributed by atoms with Crippen LogP contribution in [-0.2, 0) is 5.75 Å². The van der Waals surface area contributed by atoms with Gasteiger partial charge in [0.1, 0.15) is 0 Å². The quantitative estimate of drug-likeness (QED) is 0.673. The number of rotatable bonds is 5. The normalized spacial score (nSPS) is 14.4. The molecule has 1 fully saturated rings. The van der Waals surface area contributed by atoms with Crippen LogP contribution in [-0.4, -0.2) is 17.2 Å². The number of carbonyl (C=O) groups is 1. The molecule has 2 aromatic rings. The van der Waals surface area contributed by atoms with Crippen molar-refractivity contribution in [3.8, 4) is 0 Å². The highest BCUT2D eigenvalue weighted by molar-refractivity contribution is 9.10. The van der Waals surface area contributed by atoms with E-state index in [9.17, 15) is 4.79 Å². The molecule has 1 aromatic carbocycles. The Hall–Kier alpha value is -0.780. The van der Waals surface area contributed by atoms with Crippen LogP contribution in [0.15, 0.2) is 27.3 Å². The average molecular weight is 387 g/mol. The lowest BCUT2D eigenvalue weighted by Crippen LogP contribution is -2.07. The summed E-state index contributed by atoms with van der Waals surface area (Å²) < 4.78 is 6.06. The van der Waals surface area contributed by atoms with Gasteiger partial charge >= 0.3 is 0 Å². The summed E-state index contributed by atoms with van der Waals surface area (Å²) in [4.78, 5) is 12.8. The number of benzene rings is 1. The summed E-state index contributed by atoms with van der Waals surface area (Å²) in [7, 11) is 0. The molecule has 1 aromatic heterocycles. The molecule has 3 nitrogen and oxygen atoms in total. The zero-order valence-corrected chi connectivity index (χ0v) is 14.5. The fourth-order valence-corrected chi connectivity index (χ4v) is 3.73. The van der Waals surface area contributed by atoms with Crippen molar-refractivity contribution in [3.05, 3.63) is 50.3 Å². The Morgan fingerprint density at radius 1 is 1.48 bits per heavy atom. The fourth-order valence-electron chi connectivity index (χ4n) is 2.30. The van der Waals surface area contributed by atoms with Gasteiger partial charge in [0.15, 0.2) is 11.5 Å². The van der Waals surface area contributed by atoms with Gasteiger partial charge in [-0.2, -0.15) is 11.8 Å². The molecule has 0 bridgehead atoms. The van der Waals surface area contributed by atoms with Gasteiger partial charge in [0, 0.05) is 21.7 Å². The molecule has 1 aliphatic carbocycles. The number of ketones is 1. The fraction of sp³-hybridized carbons (Fsp3) is 0.333. The van der Waals surface area contributed by atoms with Gasteiger partial charge in [0.25, 0.3) is 0 Å². The Morgan fingerprint density at radius 3 is 2.90 bits per heavy atom. The largest absolute Gasteiger partial charge is 0.360 e. The van der Waals surface area contributed by atoms with E-state index >= 15 is 0 Å². The van der Waals surface area contributed by atoms with Crippen LogP contribution in [0.1, 0.15) is 46.0 Å². The molecule has 110 valence electrons. The van der Waals surface area contributed by atoms with Crippen molar-refractivity contribution >= 4 is 45.1 Å². The molecule has 1 heterocycles. The lowest BCUT2D eigenvalue weighted by Gasteiger charge is -2.11. The van der Waals surface area contributed by atoms with E-state index in [1.165, 1.54) is 6.20 Å². The van der Waals surface area contributed by atoms with Crippen LogP contribution in [0.4, 0.5) is 0 Å². The van der Waals surface area contributed by atoms with Gasteiger partial charge in [-0.3, -0.25) is 4.79 Å². The third-order valence-electron chi connectivity index (χ3n) is 3.52. The van der Waals surface area contributed by atoms with Crippen LogP contribution in [0.25, 0.3) is 0 Å². The van der Waals surface area contributed by atoms with Crippen LogP contribution in [0.3, 0.4) is 0 Å². The predicted molar refractivity (Wildman–Crippen MR) is 88.3 cm³/mol. The number of halogens is 2. The second-order valence-electron chi connectivity index (χ2n) is 5.03. The van der Waals surface area contributed by atoms with E-state index in [0.717, 1.165) is 28.6 Å². The number of thioether (sulfide) groups is 1. The third-order valence-corrected chi connectivity index (χ3v) is 5.55. The minimum atomic E-state index is -0.0421. The van der Waals surface area contributed by atoms with Crippen molar-refractivity contribution in [2.24, 2.45) is 0 Å². The molecule has 0 atom stereocenters. The van der Waals surface area contributed by atoms with E-state index in [4.69, 9.17) is 16.1 Å². The van der Waals surface area contributed by atoms with Crippen LogP contribution in [0, 0.1) is 0 Å². The summed E-state index contributed by atoms with van der Waals surface area (Å²) in [6.45, 7) is 0. The van der Waals surface area contributed by atoms with Gasteiger partial charge in [0.05, 0.1) is 16.8 Å². The Morgan fingerprint density at radius 2 is 2.24 bits per heavy atom. The molecular formula is C15H13BrClNO2S. The Labute approximate surface area is 140 Å². The molecule has 0 saturated heterocycles. The lowest BCUT2D eigenvalue weighted by molar-refractivity contribution is 0.103. The number of carbonyl (C=O) groups excluding carboxylic acids is 1. The highest BCUT2D eigenvalue weighted by Crippen LogP contribution is 2.42. The lowest BCUT2D eigenvalue weighted by atomic mass is 9.98. The standard InChI is InChI=1S/C15H13BrClNO2S/c1-21-7-11-9(4-5-12(17)13(11)16)14(19)10-6-18-20-15(10)8-2-3-8/h4-6,8H,2-3,7H2,1H3. The molecule has 3 rings (SSSR count). The van der Waals surface area contributed by atoms with E-state index in [2.05, 4.69) is 21.1 Å². The van der Waals surface area contributed by atoms with E-state index < -0.39 is 0 Å². The molecule has 6 heteroatoms. The van der Waals surface area contributed by atoms with Gasteiger partial charge in [-0.25, -0.2) is 0 Å². The molecule has 1 saturated carbocycles. The molecule has 0 amide bonds. The van der Waals surface area contributed by atoms with Crippen LogP contribution >= 0.6 is 39.3 Å². The first-order chi connectivity index (χ1) is 10.1. The van der Waals surface area contributed by atoms with E-state index in [0.29, 0.717) is 27.8 Å². The van der Waals surface area contributed by atoms with Crippen molar-refractivity contribution in [1.29, 1.82) is 0 Å². The van der Waals surface area contributed by atoms with Crippen LogP contribution in [0.2, 0.25) is 5.02 Å². The van der Waals surface area contributed by atoms with Crippen LogP contribution in [0.5, 0.6) is 0 Å². The van der Waals surface area contributed by atoms with E-state index in [-0.39, 0.29) is 5.78 Å². The Bertz CT molecular complexity index is 697. The molecule has 0 N–H and O–H groups in total. The second-order valence-corrected chi connectivity index (χ2v) is 7.09. The Kier molecular flexibility index (Phi) is 4.43. The topological polar surface area (TPSA) is 43.1 Å². The number of hydrogen-bond acceptors (Lipinski definition) is 4. The van der Waals surface area contributed by atoms with Crippen LogP contribution < -0.4 is 0 Å². The minimum absolute atomic E-state index is 0.0421. The molecule has 0 unspecified atom stereocenters. The molecule has 0 spiro atoms. The van der Waals surface area contributed by atoms with Gasteiger partial charge in [0.2, 0.25) is 0 Å². The summed E-state index contributed by atoms with van der Waals surface area (Å²) >= 11 is 11.3. The maximum atomic E-state index is 12.8. The smallest absolute Gasteiger partial charge is 0.198 e. The zero-order valence-electron chi connectivity index (χ0n) is 11.4. The monoisotopic (exact) mass is 385 g/mol. The first-order valence-corrected chi connectivity index (χ1v) is 9.15. The average Bonchev–Trinajstić information content (AvgIpc) is 3.21. The number of aromatic nitrogens is 1. The second kappa shape index (κ2) is 6.15. The molecular weight excluding hydrogens is 374 g/mol. The van der Waals surface area contributed by atoms with Gasteiger partial charge < -0.3 is 4.52 Å². The zero-order chi connectivity index (χ0) is 15.0. The molecule has 0 radical (unpaired) electrons. The molecule has 1 aliphatic rings. The van der Waals surface area contributed by atoms with Crippen molar-refractivity contribution < 1.29 is 9.32 Å². The third kappa shape index (κ3) is 2.91. The molecule has 21 heavy (non-hydrogen) atoms. The van der Waals surface area contributed by atoms with Crippen molar-refractivity contribution in [3.63, 3.8) is 0 Å². The summed E-state index contributed by atoms with van der Waals surface area (Å²) in [5, 5.41) is 4.42. The van der Waals surface area contributed by atoms with Crippen molar-refractivity contribution in [2.45, 2.75) is 24.5 Å². The highest BCUT2D eigenvalue weighted by atomic mass is 79.9. The number of hydrogen-bond donors (Lipinski definition) is 0. The SMILES string of the molecule is CSCc1c(C(=O)c2cnoc2C2CC2)ccc(Cl)c1Br. The van der Waals surface area contributed by atoms with E-state index in [1.807, 2.05) is 6.26 Å². The Balaban J connectivity index is 2.05. The molecule has 0 aliphatic heterocycles. The van der Waals surface area contributed by atoms with Crippen molar-refractivity contribution in [1.82, 2.24) is 5.16 Å². The summed E-state index contributed by atoms with van der Waals surface area (Å²) in [5.74, 6) is 1.75. The maximum Gasteiger partial charge on any atom is 0.198 e. The summed E-state index contributed by atoms with van der Waals surface area (Å²) in [6.07, 6.45) is 5.66. The van der Waals surface area contributed by atoms with Gasteiger partial charge in [-0.1, -0.05) is 16.8 Å². The first kappa shape index (κ1) is 15.1.